The molecule has 1 aromatic carbocycles. The molecule has 0 aliphatic carbocycles. The van der Waals surface area contributed by atoms with Crippen LogP contribution in [0, 0.1) is 16.0 Å². The van der Waals surface area contributed by atoms with Crippen LogP contribution in [0.2, 0.25) is 0 Å². The molecule has 1 aliphatic rings. The number of rotatable bonds is 2. The van der Waals surface area contributed by atoms with Crippen LogP contribution in [0.4, 0.5) is 5.69 Å². The van der Waals surface area contributed by atoms with Crippen LogP contribution in [0.5, 0.6) is 0 Å². The number of aromatic amines is 1. The number of amides is 1. The first-order chi connectivity index (χ1) is 10.1. The maximum atomic E-state index is 12.6. The molecule has 7 heteroatoms. The highest BCUT2D eigenvalue weighted by atomic mass is 16.6. The molecular weight excluding hydrogens is 272 g/mol. The molecule has 1 saturated heterocycles. The van der Waals surface area contributed by atoms with E-state index in [1.54, 1.807) is 11.0 Å². The van der Waals surface area contributed by atoms with E-state index in [2.05, 4.69) is 17.1 Å². The normalized spacial score (nSPS) is 18.9. The predicted octanol–water partition coefficient (Wildman–Crippen LogP) is 2.34. The standard InChI is InChI=1S/C14H16N4O3/c1-9-3-2-6-17(8-9)14(19)13-11-7-10(18(20)21)4-5-12(11)15-16-13/h4-5,7,9H,2-3,6,8H2,1H3,(H,15,16)/t9-/m1/s1. The molecule has 2 aromatic rings. The summed E-state index contributed by atoms with van der Waals surface area (Å²) in [6, 6.07) is 4.38. The lowest BCUT2D eigenvalue weighted by atomic mass is 10.00. The lowest BCUT2D eigenvalue weighted by Crippen LogP contribution is -2.39. The molecule has 21 heavy (non-hydrogen) atoms. The smallest absolute Gasteiger partial charge is 0.275 e. The summed E-state index contributed by atoms with van der Waals surface area (Å²) in [4.78, 5) is 24.8. The molecule has 1 atom stereocenters. The van der Waals surface area contributed by atoms with Gasteiger partial charge in [0, 0.05) is 30.6 Å². The van der Waals surface area contributed by atoms with Gasteiger partial charge in [0.15, 0.2) is 5.69 Å². The third kappa shape index (κ3) is 2.46. The summed E-state index contributed by atoms with van der Waals surface area (Å²) in [6.07, 6.45) is 2.10. The van der Waals surface area contributed by atoms with E-state index in [0.29, 0.717) is 29.9 Å². The average molecular weight is 288 g/mol. The molecule has 3 rings (SSSR count). The van der Waals surface area contributed by atoms with E-state index in [4.69, 9.17) is 0 Å². The van der Waals surface area contributed by atoms with Crippen molar-refractivity contribution in [3.8, 4) is 0 Å². The quantitative estimate of drug-likeness (QED) is 0.678. The minimum Gasteiger partial charge on any atom is -0.337 e. The number of hydrogen-bond acceptors (Lipinski definition) is 4. The molecular formula is C14H16N4O3. The topological polar surface area (TPSA) is 92.1 Å². The first kappa shape index (κ1) is 13.5. The number of carbonyl (C=O) groups is 1. The largest absolute Gasteiger partial charge is 0.337 e. The summed E-state index contributed by atoms with van der Waals surface area (Å²) >= 11 is 0. The first-order valence-corrected chi connectivity index (χ1v) is 6.98. The number of non-ortho nitro benzene ring substituents is 1. The van der Waals surface area contributed by atoms with E-state index in [9.17, 15) is 14.9 Å². The van der Waals surface area contributed by atoms with Gasteiger partial charge in [0.05, 0.1) is 10.4 Å². The van der Waals surface area contributed by atoms with Crippen LogP contribution in [0.15, 0.2) is 18.2 Å². The summed E-state index contributed by atoms with van der Waals surface area (Å²) in [5, 5.41) is 18.2. The van der Waals surface area contributed by atoms with Crippen molar-refractivity contribution < 1.29 is 9.72 Å². The Bertz CT molecular complexity index is 709. The Labute approximate surface area is 121 Å². The number of piperidine rings is 1. The molecule has 0 bridgehead atoms. The van der Waals surface area contributed by atoms with Crippen molar-refractivity contribution in [3.63, 3.8) is 0 Å². The third-order valence-electron chi connectivity index (χ3n) is 3.90. The third-order valence-corrected chi connectivity index (χ3v) is 3.90. The van der Waals surface area contributed by atoms with E-state index in [1.807, 2.05) is 0 Å². The van der Waals surface area contributed by atoms with E-state index in [1.165, 1.54) is 12.1 Å². The number of H-pyrrole nitrogens is 1. The highest BCUT2D eigenvalue weighted by molar-refractivity contribution is 6.05. The van der Waals surface area contributed by atoms with Crippen LogP contribution in [-0.2, 0) is 0 Å². The Morgan fingerprint density at radius 2 is 2.33 bits per heavy atom. The number of nitro benzene ring substituents is 1. The van der Waals surface area contributed by atoms with Crippen molar-refractivity contribution in [1.82, 2.24) is 15.1 Å². The second-order valence-electron chi connectivity index (χ2n) is 5.56. The number of fused-ring (bicyclic) bond motifs is 1. The Hall–Kier alpha value is -2.44. The van der Waals surface area contributed by atoms with Gasteiger partial charge in [0.1, 0.15) is 0 Å². The number of benzene rings is 1. The van der Waals surface area contributed by atoms with E-state index in [0.717, 1.165) is 12.8 Å². The Kier molecular flexibility index (Phi) is 3.32. The fraction of sp³-hybridized carbons (Fsp3) is 0.429. The molecule has 110 valence electrons. The maximum Gasteiger partial charge on any atom is 0.275 e. The van der Waals surface area contributed by atoms with E-state index < -0.39 is 4.92 Å². The zero-order valence-electron chi connectivity index (χ0n) is 11.7. The van der Waals surface area contributed by atoms with Gasteiger partial charge in [-0.3, -0.25) is 20.0 Å². The molecule has 0 spiro atoms. The second-order valence-corrected chi connectivity index (χ2v) is 5.56. The van der Waals surface area contributed by atoms with E-state index in [-0.39, 0.29) is 17.3 Å². The summed E-state index contributed by atoms with van der Waals surface area (Å²) in [5.74, 6) is 0.315. The summed E-state index contributed by atoms with van der Waals surface area (Å²) < 4.78 is 0. The van der Waals surface area contributed by atoms with Gasteiger partial charge in [-0.15, -0.1) is 0 Å². The van der Waals surface area contributed by atoms with Gasteiger partial charge in [-0.25, -0.2) is 0 Å². The van der Waals surface area contributed by atoms with Crippen molar-refractivity contribution in [2.75, 3.05) is 13.1 Å². The molecule has 0 unspecified atom stereocenters. The Balaban J connectivity index is 1.97. The van der Waals surface area contributed by atoms with Crippen LogP contribution in [0.3, 0.4) is 0 Å². The minimum absolute atomic E-state index is 0.0371. The van der Waals surface area contributed by atoms with Crippen molar-refractivity contribution >= 4 is 22.5 Å². The number of carbonyl (C=O) groups excluding carboxylic acids is 1. The number of nitrogens with one attached hydrogen (secondary N) is 1. The fourth-order valence-electron chi connectivity index (χ4n) is 2.80. The van der Waals surface area contributed by atoms with Crippen molar-refractivity contribution in [2.24, 2.45) is 5.92 Å². The molecule has 1 N–H and O–H groups in total. The highest BCUT2D eigenvalue weighted by Gasteiger charge is 2.25. The zero-order valence-corrected chi connectivity index (χ0v) is 11.7. The highest BCUT2D eigenvalue weighted by Crippen LogP contribution is 2.24. The van der Waals surface area contributed by atoms with Crippen LogP contribution in [-0.4, -0.2) is 39.0 Å². The minimum atomic E-state index is -0.469. The van der Waals surface area contributed by atoms with Crippen LogP contribution >= 0.6 is 0 Å². The Morgan fingerprint density at radius 3 is 3.05 bits per heavy atom. The molecule has 1 aromatic heterocycles. The predicted molar refractivity (Wildman–Crippen MR) is 77.0 cm³/mol. The summed E-state index contributed by atoms with van der Waals surface area (Å²) in [5.41, 5.74) is 0.863. The number of aromatic nitrogens is 2. The van der Waals surface area contributed by atoms with Crippen LogP contribution in [0.25, 0.3) is 10.9 Å². The second kappa shape index (κ2) is 5.16. The van der Waals surface area contributed by atoms with Crippen molar-refractivity contribution in [3.05, 3.63) is 34.0 Å². The van der Waals surface area contributed by atoms with Crippen molar-refractivity contribution in [1.29, 1.82) is 0 Å². The molecule has 7 nitrogen and oxygen atoms in total. The maximum absolute atomic E-state index is 12.6. The molecule has 0 saturated carbocycles. The molecule has 1 fully saturated rings. The average Bonchev–Trinajstić information content (AvgIpc) is 2.89. The van der Waals surface area contributed by atoms with E-state index >= 15 is 0 Å². The lowest BCUT2D eigenvalue weighted by Gasteiger charge is -2.30. The number of nitrogens with zero attached hydrogens (tertiary/aromatic N) is 3. The van der Waals surface area contributed by atoms with Crippen LogP contribution in [0.1, 0.15) is 30.3 Å². The number of hydrogen-bond donors (Lipinski definition) is 1. The van der Waals surface area contributed by atoms with Gasteiger partial charge in [-0.05, 0) is 24.8 Å². The zero-order chi connectivity index (χ0) is 15.0. The molecule has 0 radical (unpaired) electrons. The van der Waals surface area contributed by atoms with Crippen LogP contribution < -0.4 is 0 Å². The molecule has 1 amide bonds. The van der Waals surface area contributed by atoms with Gasteiger partial charge in [-0.2, -0.15) is 5.10 Å². The Morgan fingerprint density at radius 1 is 1.52 bits per heavy atom. The summed E-state index contributed by atoms with van der Waals surface area (Å²) in [7, 11) is 0. The lowest BCUT2D eigenvalue weighted by molar-refractivity contribution is -0.384. The molecule has 2 heterocycles. The van der Waals surface area contributed by atoms with Crippen molar-refractivity contribution in [2.45, 2.75) is 19.8 Å². The van der Waals surface area contributed by atoms with Gasteiger partial charge in [0.25, 0.3) is 11.6 Å². The summed E-state index contributed by atoms with van der Waals surface area (Å²) in [6.45, 7) is 3.54. The monoisotopic (exact) mass is 288 g/mol. The first-order valence-electron chi connectivity index (χ1n) is 6.98. The number of nitro groups is 1. The van der Waals surface area contributed by atoms with Gasteiger partial charge in [0.2, 0.25) is 0 Å². The van der Waals surface area contributed by atoms with Gasteiger partial charge < -0.3 is 4.90 Å². The van der Waals surface area contributed by atoms with Gasteiger partial charge in [-0.1, -0.05) is 6.92 Å². The number of likely N-dealkylation sites (tertiary alicyclic amines) is 1. The fourth-order valence-corrected chi connectivity index (χ4v) is 2.80. The van der Waals surface area contributed by atoms with Gasteiger partial charge >= 0.3 is 0 Å². The molecule has 1 aliphatic heterocycles. The SMILES string of the molecule is C[C@@H]1CCCN(C(=O)c2n[nH]c3ccc([N+](=O)[O-])cc23)C1.